The highest BCUT2D eigenvalue weighted by Gasteiger charge is 2.39. The molecule has 3 rings (SSSR count). The summed E-state index contributed by atoms with van der Waals surface area (Å²) in [6.07, 6.45) is 4.63. The van der Waals surface area contributed by atoms with E-state index in [1.165, 1.54) is 30.4 Å². The van der Waals surface area contributed by atoms with Gasteiger partial charge in [0.05, 0.1) is 13.2 Å². The van der Waals surface area contributed by atoms with Crippen LogP contribution in [-0.2, 0) is 5.41 Å². The van der Waals surface area contributed by atoms with Crippen molar-refractivity contribution in [2.24, 2.45) is 5.73 Å². The Labute approximate surface area is 108 Å². The maximum atomic E-state index is 6.00. The first-order valence-corrected chi connectivity index (χ1v) is 6.86. The molecule has 2 N–H and O–H groups in total. The number of benzene rings is 1. The summed E-state index contributed by atoms with van der Waals surface area (Å²) in [7, 11) is 0. The lowest BCUT2D eigenvalue weighted by Crippen LogP contribution is -2.42. The minimum Gasteiger partial charge on any atom is -0.490 e. The van der Waals surface area contributed by atoms with Crippen LogP contribution in [0.25, 0.3) is 0 Å². The molecule has 0 amide bonds. The molecular weight excluding hydrogens is 226 g/mol. The minimum absolute atomic E-state index is 0.189. The fraction of sp³-hybridized carbons (Fsp3) is 0.600. The lowest BCUT2D eigenvalue weighted by atomic mass is 9.63. The van der Waals surface area contributed by atoms with E-state index in [-0.39, 0.29) is 5.41 Å². The zero-order valence-corrected chi connectivity index (χ0v) is 11.0. The standard InChI is InChI=1S/C15H21NO2/c1-11-8-13-14(18-7-3-6-17-13)9-12(11)15(10-16)4-2-5-15/h8-9H,2-7,10,16H2,1H3. The molecular formula is C15H21NO2. The average Bonchev–Trinajstić information content (AvgIpc) is 2.53. The lowest BCUT2D eigenvalue weighted by molar-refractivity contribution is 0.250. The molecule has 0 bridgehead atoms. The Bertz CT molecular complexity index is 447. The van der Waals surface area contributed by atoms with Crippen molar-refractivity contribution >= 4 is 0 Å². The lowest BCUT2D eigenvalue weighted by Gasteiger charge is -2.42. The van der Waals surface area contributed by atoms with Crippen molar-refractivity contribution in [2.75, 3.05) is 19.8 Å². The topological polar surface area (TPSA) is 44.5 Å². The van der Waals surface area contributed by atoms with Gasteiger partial charge in [0.25, 0.3) is 0 Å². The van der Waals surface area contributed by atoms with Crippen molar-refractivity contribution in [3.05, 3.63) is 23.3 Å². The van der Waals surface area contributed by atoms with E-state index in [0.29, 0.717) is 0 Å². The van der Waals surface area contributed by atoms with Crippen molar-refractivity contribution in [3.63, 3.8) is 0 Å². The maximum absolute atomic E-state index is 6.00. The molecule has 2 aliphatic rings. The van der Waals surface area contributed by atoms with Gasteiger partial charge >= 0.3 is 0 Å². The third-order valence-electron chi connectivity index (χ3n) is 4.37. The first kappa shape index (κ1) is 11.8. The maximum Gasteiger partial charge on any atom is 0.161 e. The van der Waals surface area contributed by atoms with Gasteiger partial charge in [-0.3, -0.25) is 0 Å². The van der Waals surface area contributed by atoms with Crippen LogP contribution in [0, 0.1) is 6.92 Å². The summed E-state index contributed by atoms with van der Waals surface area (Å²) >= 11 is 0. The summed E-state index contributed by atoms with van der Waals surface area (Å²) in [5, 5.41) is 0. The normalized spacial score (nSPS) is 21.0. The quantitative estimate of drug-likeness (QED) is 0.873. The van der Waals surface area contributed by atoms with E-state index >= 15 is 0 Å². The van der Waals surface area contributed by atoms with E-state index < -0.39 is 0 Å². The fourth-order valence-corrected chi connectivity index (χ4v) is 3.07. The molecule has 98 valence electrons. The Balaban J connectivity index is 2.03. The molecule has 1 aliphatic heterocycles. The number of hydrogen-bond donors (Lipinski definition) is 1. The third kappa shape index (κ3) is 1.77. The molecule has 1 saturated carbocycles. The van der Waals surface area contributed by atoms with E-state index in [0.717, 1.165) is 37.7 Å². The molecule has 0 aromatic heterocycles. The summed E-state index contributed by atoms with van der Waals surface area (Å²) < 4.78 is 11.5. The number of aryl methyl sites for hydroxylation is 1. The molecule has 18 heavy (non-hydrogen) atoms. The van der Waals surface area contributed by atoms with Crippen LogP contribution in [0.1, 0.15) is 36.8 Å². The average molecular weight is 247 g/mol. The second kappa shape index (κ2) is 4.47. The Hall–Kier alpha value is -1.22. The van der Waals surface area contributed by atoms with E-state index in [1.54, 1.807) is 0 Å². The Kier molecular flexibility index (Phi) is 2.94. The van der Waals surface area contributed by atoms with Crippen molar-refractivity contribution in [3.8, 4) is 11.5 Å². The third-order valence-corrected chi connectivity index (χ3v) is 4.37. The van der Waals surface area contributed by atoms with Gasteiger partial charge in [0.2, 0.25) is 0 Å². The first-order chi connectivity index (χ1) is 8.75. The highest BCUT2D eigenvalue weighted by molar-refractivity contribution is 5.50. The van der Waals surface area contributed by atoms with Gasteiger partial charge in [-0.1, -0.05) is 6.42 Å². The van der Waals surface area contributed by atoms with E-state index in [1.807, 2.05) is 0 Å². The van der Waals surface area contributed by atoms with Crippen LogP contribution in [0.4, 0.5) is 0 Å². The van der Waals surface area contributed by atoms with Gasteiger partial charge in [-0.05, 0) is 43.0 Å². The molecule has 0 spiro atoms. The van der Waals surface area contributed by atoms with E-state index in [2.05, 4.69) is 19.1 Å². The molecule has 3 heteroatoms. The number of hydrogen-bond acceptors (Lipinski definition) is 3. The second-order valence-electron chi connectivity index (χ2n) is 5.50. The second-order valence-corrected chi connectivity index (χ2v) is 5.50. The highest BCUT2D eigenvalue weighted by atomic mass is 16.5. The summed E-state index contributed by atoms with van der Waals surface area (Å²) in [6.45, 7) is 4.37. The van der Waals surface area contributed by atoms with Gasteiger partial charge in [-0.25, -0.2) is 0 Å². The molecule has 0 radical (unpaired) electrons. The van der Waals surface area contributed by atoms with Crippen molar-refractivity contribution in [1.29, 1.82) is 0 Å². The Morgan fingerprint density at radius 3 is 2.33 bits per heavy atom. The zero-order valence-electron chi connectivity index (χ0n) is 11.0. The predicted molar refractivity (Wildman–Crippen MR) is 71.4 cm³/mol. The molecule has 0 saturated heterocycles. The fourth-order valence-electron chi connectivity index (χ4n) is 3.07. The Morgan fingerprint density at radius 1 is 1.11 bits per heavy atom. The van der Waals surface area contributed by atoms with Crippen LogP contribution in [0.5, 0.6) is 11.5 Å². The smallest absolute Gasteiger partial charge is 0.161 e. The predicted octanol–water partition coefficient (Wildman–Crippen LogP) is 2.54. The van der Waals surface area contributed by atoms with Gasteiger partial charge in [0.1, 0.15) is 0 Å². The van der Waals surface area contributed by atoms with Crippen LogP contribution >= 0.6 is 0 Å². The molecule has 1 heterocycles. The first-order valence-electron chi connectivity index (χ1n) is 6.86. The molecule has 3 nitrogen and oxygen atoms in total. The molecule has 1 aromatic rings. The van der Waals surface area contributed by atoms with Gasteiger partial charge in [0, 0.05) is 18.4 Å². The molecule has 0 unspecified atom stereocenters. The summed E-state index contributed by atoms with van der Waals surface area (Å²) in [5.41, 5.74) is 8.84. The van der Waals surface area contributed by atoms with Crippen molar-refractivity contribution in [1.82, 2.24) is 0 Å². The Morgan fingerprint density at radius 2 is 1.78 bits per heavy atom. The number of nitrogens with two attached hydrogens (primary N) is 1. The van der Waals surface area contributed by atoms with Gasteiger partial charge in [0.15, 0.2) is 11.5 Å². The van der Waals surface area contributed by atoms with Crippen LogP contribution in [0.3, 0.4) is 0 Å². The number of ether oxygens (including phenoxy) is 2. The van der Waals surface area contributed by atoms with Crippen LogP contribution in [0.15, 0.2) is 12.1 Å². The van der Waals surface area contributed by atoms with Crippen molar-refractivity contribution < 1.29 is 9.47 Å². The van der Waals surface area contributed by atoms with Crippen LogP contribution in [0.2, 0.25) is 0 Å². The van der Waals surface area contributed by atoms with E-state index in [4.69, 9.17) is 15.2 Å². The molecule has 1 aliphatic carbocycles. The number of fused-ring (bicyclic) bond motifs is 1. The minimum atomic E-state index is 0.189. The molecule has 1 aromatic carbocycles. The SMILES string of the molecule is Cc1cc2c(cc1C1(CN)CCC1)OCCCO2. The molecule has 0 atom stereocenters. The van der Waals surface area contributed by atoms with Gasteiger partial charge < -0.3 is 15.2 Å². The number of rotatable bonds is 2. The summed E-state index contributed by atoms with van der Waals surface area (Å²) in [4.78, 5) is 0. The van der Waals surface area contributed by atoms with Gasteiger partial charge in [-0.15, -0.1) is 0 Å². The zero-order chi connectivity index (χ0) is 12.6. The monoisotopic (exact) mass is 247 g/mol. The van der Waals surface area contributed by atoms with Crippen LogP contribution in [-0.4, -0.2) is 19.8 Å². The summed E-state index contributed by atoms with van der Waals surface area (Å²) in [6, 6.07) is 4.29. The van der Waals surface area contributed by atoms with Gasteiger partial charge in [-0.2, -0.15) is 0 Å². The van der Waals surface area contributed by atoms with Crippen molar-refractivity contribution in [2.45, 2.75) is 38.0 Å². The highest BCUT2D eigenvalue weighted by Crippen LogP contribution is 2.47. The van der Waals surface area contributed by atoms with E-state index in [9.17, 15) is 0 Å². The largest absolute Gasteiger partial charge is 0.490 e. The summed E-state index contributed by atoms with van der Waals surface area (Å²) in [5.74, 6) is 1.79. The van der Waals surface area contributed by atoms with Crippen LogP contribution < -0.4 is 15.2 Å². The molecule has 1 fully saturated rings.